The molecule has 0 saturated heterocycles. The van der Waals surface area contributed by atoms with Crippen molar-refractivity contribution in [1.29, 1.82) is 0 Å². The summed E-state index contributed by atoms with van der Waals surface area (Å²) in [6.45, 7) is 3.30. The quantitative estimate of drug-likeness (QED) is 0.852. The van der Waals surface area contributed by atoms with Crippen molar-refractivity contribution in [1.82, 2.24) is 4.98 Å². The first-order valence-corrected chi connectivity index (χ1v) is 8.10. The van der Waals surface area contributed by atoms with E-state index in [1.165, 1.54) is 18.2 Å². The molecule has 1 heterocycles. The van der Waals surface area contributed by atoms with Crippen molar-refractivity contribution in [2.24, 2.45) is 5.14 Å². The molecular weight excluding hydrogens is 362 g/mol. The summed E-state index contributed by atoms with van der Waals surface area (Å²) in [5.41, 5.74) is 0.864. The predicted molar refractivity (Wildman–Crippen MR) is 79.4 cm³/mol. The molecule has 1 amide bonds. The Kier molecular flexibility index (Phi) is 4.17. The van der Waals surface area contributed by atoms with Crippen molar-refractivity contribution < 1.29 is 17.6 Å². The molecule has 0 atom stereocenters. The lowest BCUT2D eigenvalue weighted by Crippen LogP contribution is -2.14. The Morgan fingerprint density at radius 3 is 2.52 bits per heavy atom. The number of rotatable bonds is 3. The summed E-state index contributed by atoms with van der Waals surface area (Å²) < 4.78 is 28.1. The van der Waals surface area contributed by atoms with E-state index in [-0.39, 0.29) is 10.7 Å². The van der Waals surface area contributed by atoms with Crippen LogP contribution in [0.25, 0.3) is 0 Å². The summed E-state index contributed by atoms with van der Waals surface area (Å²) in [5, 5.41) is 7.64. The Morgan fingerprint density at radius 2 is 2.05 bits per heavy atom. The number of hydrogen-bond acceptors (Lipinski definition) is 5. The SMILES string of the molecule is Cc1nc(C)c(C(=O)Nc2ccc(S(N)(=O)=O)cc2Br)o1. The van der Waals surface area contributed by atoms with E-state index in [2.05, 4.69) is 26.2 Å². The van der Waals surface area contributed by atoms with Gasteiger partial charge < -0.3 is 9.73 Å². The van der Waals surface area contributed by atoms with Gasteiger partial charge in [0, 0.05) is 11.4 Å². The summed E-state index contributed by atoms with van der Waals surface area (Å²) >= 11 is 3.18. The smallest absolute Gasteiger partial charge is 0.293 e. The van der Waals surface area contributed by atoms with Crippen LogP contribution >= 0.6 is 15.9 Å². The van der Waals surface area contributed by atoms with Gasteiger partial charge in [-0.05, 0) is 41.1 Å². The van der Waals surface area contributed by atoms with E-state index >= 15 is 0 Å². The van der Waals surface area contributed by atoms with Crippen LogP contribution in [0.1, 0.15) is 22.1 Å². The number of benzene rings is 1. The van der Waals surface area contributed by atoms with E-state index in [9.17, 15) is 13.2 Å². The number of nitrogens with one attached hydrogen (secondary N) is 1. The summed E-state index contributed by atoms with van der Waals surface area (Å²) in [6.07, 6.45) is 0. The first-order valence-electron chi connectivity index (χ1n) is 5.76. The number of amides is 1. The van der Waals surface area contributed by atoms with Gasteiger partial charge in [-0.25, -0.2) is 18.5 Å². The lowest BCUT2D eigenvalue weighted by atomic mass is 10.3. The van der Waals surface area contributed by atoms with Crippen LogP contribution < -0.4 is 10.5 Å². The largest absolute Gasteiger partial charge is 0.436 e. The highest BCUT2D eigenvalue weighted by molar-refractivity contribution is 9.10. The number of carbonyl (C=O) groups is 1. The van der Waals surface area contributed by atoms with E-state index in [1.54, 1.807) is 13.8 Å². The number of nitrogens with zero attached hydrogens (tertiary/aromatic N) is 1. The van der Waals surface area contributed by atoms with Gasteiger partial charge in [0.2, 0.25) is 15.8 Å². The molecule has 2 aromatic rings. The topological polar surface area (TPSA) is 115 Å². The van der Waals surface area contributed by atoms with Gasteiger partial charge in [-0.1, -0.05) is 0 Å². The van der Waals surface area contributed by atoms with Crippen molar-refractivity contribution in [2.75, 3.05) is 5.32 Å². The maximum atomic E-state index is 12.1. The zero-order valence-corrected chi connectivity index (χ0v) is 13.6. The molecule has 1 aromatic heterocycles. The zero-order chi connectivity index (χ0) is 15.8. The Labute approximate surface area is 129 Å². The summed E-state index contributed by atoms with van der Waals surface area (Å²) in [5.74, 6) is 0.0216. The van der Waals surface area contributed by atoms with Crippen molar-refractivity contribution in [3.8, 4) is 0 Å². The molecule has 0 radical (unpaired) electrons. The Bertz CT molecular complexity index is 814. The molecule has 9 heteroatoms. The van der Waals surface area contributed by atoms with Crippen LogP contribution in [0.5, 0.6) is 0 Å². The summed E-state index contributed by atoms with van der Waals surface area (Å²) in [7, 11) is -3.80. The second-order valence-corrected chi connectivity index (χ2v) is 6.70. The van der Waals surface area contributed by atoms with Crippen LogP contribution in [0.4, 0.5) is 5.69 Å². The second-order valence-electron chi connectivity index (χ2n) is 4.29. The third-order valence-electron chi connectivity index (χ3n) is 2.63. The van der Waals surface area contributed by atoms with Crippen LogP contribution in [0.2, 0.25) is 0 Å². The van der Waals surface area contributed by atoms with Gasteiger partial charge in [0.05, 0.1) is 16.3 Å². The molecule has 0 unspecified atom stereocenters. The van der Waals surface area contributed by atoms with E-state index < -0.39 is 15.9 Å². The Morgan fingerprint density at radius 1 is 1.38 bits per heavy atom. The molecule has 0 saturated carbocycles. The van der Waals surface area contributed by atoms with E-state index in [1.807, 2.05) is 0 Å². The maximum absolute atomic E-state index is 12.1. The van der Waals surface area contributed by atoms with E-state index in [4.69, 9.17) is 9.56 Å². The number of anilines is 1. The lowest BCUT2D eigenvalue weighted by Gasteiger charge is -2.07. The number of aryl methyl sites for hydroxylation is 2. The molecule has 112 valence electrons. The molecule has 21 heavy (non-hydrogen) atoms. The fourth-order valence-electron chi connectivity index (χ4n) is 1.70. The van der Waals surface area contributed by atoms with Gasteiger partial charge in [-0.15, -0.1) is 0 Å². The lowest BCUT2D eigenvalue weighted by molar-refractivity contribution is 0.0994. The van der Waals surface area contributed by atoms with Gasteiger partial charge in [-0.3, -0.25) is 4.79 Å². The van der Waals surface area contributed by atoms with E-state index in [0.717, 1.165) is 0 Å². The zero-order valence-electron chi connectivity index (χ0n) is 11.2. The molecule has 0 aliphatic carbocycles. The normalized spacial score (nSPS) is 11.4. The van der Waals surface area contributed by atoms with Crippen molar-refractivity contribution >= 4 is 37.5 Å². The van der Waals surface area contributed by atoms with Crippen LogP contribution in [0.3, 0.4) is 0 Å². The number of hydrogen-bond donors (Lipinski definition) is 2. The van der Waals surface area contributed by atoms with Gasteiger partial charge in [-0.2, -0.15) is 0 Å². The van der Waals surface area contributed by atoms with Crippen molar-refractivity contribution in [3.05, 3.63) is 40.0 Å². The summed E-state index contributed by atoms with van der Waals surface area (Å²) in [4.78, 5) is 16.0. The molecule has 2 rings (SSSR count). The van der Waals surface area contributed by atoms with Crippen LogP contribution in [-0.2, 0) is 10.0 Å². The number of sulfonamides is 1. The number of oxazole rings is 1. The fourth-order valence-corrected chi connectivity index (χ4v) is 2.86. The molecule has 0 aliphatic heterocycles. The number of primary sulfonamides is 1. The highest BCUT2D eigenvalue weighted by Crippen LogP contribution is 2.26. The Hall–Kier alpha value is -1.71. The molecule has 0 aliphatic rings. The average molecular weight is 374 g/mol. The molecule has 0 fully saturated rings. The highest BCUT2D eigenvalue weighted by Gasteiger charge is 2.18. The van der Waals surface area contributed by atoms with Crippen molar-refractivity contribution in [3.63, 3.8) is 0 Å². The minimum Gasteiger partial charge on any atom is -0.436 e. The third kappa shape index (κ3) is 3.49. The van der Waals surface area contributed by atoms with Crippen molar-refractivity contribution in [2.45, 2.75) is 18.7 Å². The number of aromatic nitrogens is 1. The number of halogens is 1. The monoisotopic (exact) mass is 373 g/mol. The Balaban J connectivity index is 2.28. The first kappa shape index (κ1) is 15.7. The third-order valence-corrected chi connectivity index (χ3v) is 4.19. The van der Waals surface area contributed by atoms with E-state index in [0.29, 0.717) is 21.7 Å². The molecule has 1 aromatic carbocycles. The van der Waals surface area contributed by atoms with Gasteiger partial charge in [0.25, 0.3) is 5.91 Å². The van der Waals surface area contributed by atoms with Gasteiger partial charge >= 0.3 is 0 Å². The predicted octanol–water partition coefficient (Wildman–Crippen LogP) is 1.95. The molecule has 0 bridgehead atoms. The van der Waals surface area contributed by atoms with Gasteiger partial charge in [0.1, 0.15) is 0 Å². The van der Waals surface area contributed by atoms with Crippen LogP contribution in [-0.4, -0.2) is 19.3 Å². The molecule has 0 spiro atoms. The second kappa shape index (κ2) is 5.58. The molecular formula is C12H12BrN3O4S. The summed E-state index contributed by atoms with van der Waals surface area (Å²) in [6, 6.07) is 4.04. The van der Waals surface area contributed by atoms with Crippen LogP contribution in [0.15, 0.2) is 32.0 Å². The number of carbonyl (C=O) groups excluding carboxylic acids is 1. The number of nitrogens with two attached hydrogens (primary N) is 1. The molecule has 7 nitrogen and oxygen atoms in total. The fraction of sp³-hybridized carbons (Fsp3) is 0.167. The highest BCUT2D eigenvalue weighted by atomic mass is 79.9. The molecule has 3 N–H and O–H groups in total. The average Bonchev–Trinajstić information content (AvgIpc) is 2.69. The first-order chi connectivity index (χ1) is 9.68. The van der Waals surface area contributed by atoms with Gasteiger partial charge in [0.15, 0.2) is 5.89 Å². The minimum atomic E-state index is -3.80. The van der Waals surface area contributed by atoms with Crippen LogP contribution in [0, 0.1) is 13.8 Å². The maximum Gasteiger partial charge on any atom is 0.293 e. The minimum absolute atomic E-state index is 0.0564. The standard InChI is InChI=1S/C12H12BrN3O4S/c1-6-11(20-7(2)15-6)12(17)16-10-4-3-8(5-9(10)13)21(14,18)19/h3-5H,1-2H3,(H,16,17)(H2,14,18,19).